The molecular weight excluding hydrogens is 636 g/mol. The number of hydrogen-bond donors (Lipinski definition) is 0. The van der Waals surface area contributed by atoms with E-state index < -0.39 is 0 Å². The largest absolute Gasteiger partial charge is 4.00 e. The smallest absolute Gasteiger partial charge is 0.872 e. The van der Waals surface area contributed by atoms with E-state index in [1.54, 1.807) is 36.4 Å². The van der Waals surface area contributed by atoms with Crippen molar-refractivity contribution in [1.29, 1.82) is 0 Å². The summed E-state index contributed by atoms with van der Waals surface area (Å²) >= 11 is 0. The topological polar surface area (TPSA) is 69.2 Å². The van der Waals surface area contributed by atoms with Gasteiger partial charge in [0.1, 0.15) is 0 Å². The summed E-state index contributed by atoms with van der Waals surface area (Å²) in [5, 5.41) is 33.5. The van der Waals surface area contributed by atoms with Crippen LogP contribution in [0.3, 0.4) is 0 Å². The van der Waals surface area contributed by atoms with Crippen LogP contribution in [0.2, 0.25) is 0 Å². The Morgan fingerprint density at radius 3 is 1.08 bits per heavy atom. The van der Waals surface area contributed by atoms with E-state index >= 15 is 0 Å². The molecule has 0 saturated heterocycles. The molecule has 7 aromatic rings. The van der Waals surface area contributed by atoms with Gasteiger partial charge >= 0.3 is 21.7 Å². The molecule has 0 atom stereocenters. The van der Waals surface area contributed by atoms with Gasteiger partial charge in [-0.2, -0.15) is 17.5 Å². The fourth-order valence-corrected chi connectivity index (χ4v) is 4.02. The van der Waals surface area contributed by atoms with Gasteiger partial charge in [0.2, 0.25) is 0 Å². The molecule has 0 radical (unpaired) electrons. The summed E-state index contributed by atoms with van der Waals surface area (Å²) in [6.07, 6.45) is 8.38. The third-order valence-electron chi connectivity index (χ3n) is 6.62. The molecule has 3 nitrogen and oxygen atoms in total. The van der Waals surface area contributed by atoms with Crippen molar-refractivity contribution in [2.75, 3.05) is 0 Å². The Bertz CT molecular complexity index is 1700. The van der Waals surface area contributed by atoms with Gasteiger partial charge in [-0.05, 0) is 25.0 Å². The summed E-state index contributed by atoms with van der Waals surface area (Å²) in [6, 6.07) is 56.7. The minimum Gasteiger partial charge on any atom is -0.872 e. The Balaban J connectivity index is 0.000000227. The van der Waals surface area contributed by atoms with E-state index in [2.05, 4.69) is 129 Å². The maximum atomic E-state index is 10.3. The Morgan fingerprint density at radius 2 is 0.755 bits per heavy atom. The zero-order valence-corrected chi connectivity index (χ0v) is 29.4. The minimum atomic E-state index is 0. The quantitative estimate of drug-likeness (QED) is 0.106. The van der Waals surface area contributed by atoms with Gasteiger partial charge in [-0.15, -0.1) is 46.9 Å². The van der Waals surface area contributed by atoms with Crippen molar-refractivity contribution in [3.05, 3.63) is 216 Å². The fourth-order valence-electron chi connectivity index (χ4n) is 4.02. The van der Waals surface area contributed by atoms with Crippen LogP contribution >= 0.6 is 0 Å². The first-order valence-corrected chi connectivity index (χ1v) is 15.6. The fraction of sp³-hybridized carbons (Fsp3) is 0.0444. The van der Waals surface area contributed by atoms with Crippen LogP contribution in [-0.4, -0.2) is 0 Å². The second-order valence-electron chi connectivity index (χ2n) is 10.6. The maximum Gasteiger partial charge on any atom is 4.00 e. The monoisotopic (exact) mass is 676 g/mol. The van der Waals surface area contributed by atoms with E-state index in [-0.39, 0.29) is 39.0 Å². The van der Waals surface area contributed by atoms with Crippen molar-refractivity contribution in [3.8, 4) is 17.2 Å². The van der Waals surface area contributed by atoms with Crippen molar-refractivity contribution in [2.45, 2.75) is 13.8 Å². The van der Waals surface area contributed by atoms with Gasteiger partial charge in [0.15, 0.2) is 0 Å². The number of allylic oxidation sites excluding steroid dienone is 2. The molecule has 7 aromatic carbocycles. The van der Waals surface area contributed by atoms with Gasteiger partial charge in [0.05, 0.1) is 0 Å². The third kappa shape index (κ3) is 17.9. The van der Waals surface area contributed by atoms with Crippen LogP contribution in [0.15, 0.2) is 194 Å². The zero-order valence-electron chi connectivity index (χ0n) is 27.9. The van der Waals surface area contributed by atoms with Gasteiger partial charge in [-0.3, -0.25) is 0 Å². The molecule has 0 N–H and O–H groups in total. The predicted octanol–water partition coefficient (Wildman–Crippen LogP) is 9.87. The summed E-state index contributed by atoms with van der Waals surface area (Å²) in [5.41, 5.74) is 5.05. The molecular formula is C45H40O3Ti. The molecule has 7 rings (SSSR count). The number of para-hydroxylation sites is 3. The van der Waals surface area contributed by atoms with Crippen LogP contribution in [0.25, 0.3) is 22.9 Å². The van der Waals surface area contributed by atoms with Crippen LogP contribution in [0.1, 0.15) is 22.3 Å². The third-order valence-corrected chi connectivity index (χ3v) is 6.62. The number of rotatable bonds is 3. The van der Waals surface area contributed by atoms with E-state index in [0.29, 0.717) is 0 Å². The van der Waals surface area contributed by atoms with Crippen LogP contribution < -0.4 is 15.3 Å². The molecule has 0 saturated carbocycles. The van der Waals surface area contributed by atoms with Gasteiger partial charge in [-0.25, -0.2) is 0 Å². The van der Waals surface area contributed by atoms with Crippen LogP contribution in [0.4, 0.5) is 0 Å². The molecule has 0 fully saturated rings. The average Bonchev–Trinajstić information content (AvgIpc) is 3.60. The molecule has 0 aliphatic rings. The molecule has 0 spiro atoms. The summed E-state index contributed by atoms with van der Waals surface area (Å²) in [5.74, 6) is 0.215. The number of fused-ring (bicyclic) bond motifs is 1. The summed E-state index contributed by atoms with van der Waals surface area (Å²) in [4.78, 5) is 0. The molecule has 0 aliphatic carbocycles. The van der Waals surface area contributed by atoms with Crippen molar-refractivity contribution in [1.82, 2.24) is 0 Å². The molecule has 0 aliphatic heterocycles. The summed E-state index contributed by atoms with van der Waals surface area (Å²) in [7, 11) is 0. The Morgan fingerprint density at radius 1 is 0.408 bits per heavy atom. The number of aryl methyl sites for hydroxylation is 2. The van der Waals surface area contributed by atoms with Crippen LogP contribution in [-0.2, 0) is 21.7 Å². The molecule has 242 valence electrons. The predicted molar refractivity (Wildman–Crippen MR) is 198 cm³/mol. The van der Waals surface area contributed by atoms with E-state index in [1.165, 1.54) is 69.4 Å². The molecule has 0 amide bonds. The van der Waals surface area contributed by atoms with Gasteiger partial charge < -0.3 is 15.3 Å². The maximum absolute atomic E-state index is 10.3. The molecule has 0 heterocycles. The molecule has 49 heavy (non-hydrogen) atoms. The van der Waals surface area contributed by atoms with Crippen molar-refractivity contribution >= 4 is 22.9 Å². The van der Waals surface area contributed by atoms with E-state index in [1.807, 2.05) is 18.2 Å². The van der Waals surface area contributed by atoms with E-state index in [9.17, 15) is 15.3 Å². The first kappa shape index (κ1) is 39.7. The van der Waals surface area contributed by atoms with Crippen molar-refractivity contribution in [3.63, 3.8) is 0 Å². The SMILES string of the molecule is Cc1ccc(C=CC=Cc2ccc(C)cc2)cc1.[O-]c1ccccc1.[O-]c1ccccc1.[O-]c1ccccc1.[Ti+4].c1ccc2[cH-]ccc2c1. The molecule has 0 bridgehead atoms. The molecule has 4 heteroatoms. The van der Waals surface area contributed by atoms with Crippen molar-refractivity contribution < 1.29 is 37.0 Å². The second kappa shape index (κ2) is 23.8. The molecule has 0 aromatic heterocycles. The van der Waals surface area contributed by atoms with Crippen LogP contribution in [0.5, 0.6) is 17.2 Å². The number of benzene rings is 6. The second-order valence-corrected chi connectivity index (χ2v) is 10.6. The average molecular weight is 677 g/mol. The Kier molecular flexibility index (Phi) is 19.3. The zero-order chi connectivity index (χ0) is 34.2. The Hall–Kier alpha value is -5.48. The van der Waals surface area contributed by atoms with Gasteiger partial charge in [0.25, 0.3) is 0 Å². The normalized spacial score (nSPS) is 9.76. The summed E-state index contributed by atoms with van der Waals surface area (Å²) < 4.78 is 0. The van der Waals surface area contributed by atoms with Gasteiger partial charge in [-0.1, -0.05) is 181 Å². The Labute approximate surface area is 306 Å². The molecule has 0 unspecified atom stereocenters. The van der Waals surface area contributed by atoms with Crippen molar-refractivity contribution in [2.24, 2.45) is 0 Å². The van der Waals surface area contributed by atoms with E-state index in [4.69, 9.17) is 0 Å². The van der Waals surface area contributed by atoms with Gasteiger partial charge in [0, 0.05) is 0 Å². The van der Waals surface area contributed by atoms with E-state index in [0.717, 1.165) is 0 Å². The first-order chi connectivity index (χ1) is 23.4. The summed E-state index contributed by atoms with van der Waals surface area (Å²) in [6.45, 7) is 4.20. The minimum absolute atomic E-state index is 0. The number of hydrogen-bond acceptors (Lipinski definition) is 3. The first-order valence-electron chi connectivity index (χ1n) is 15.6. The standard InChI is InChI=1S/C18H18.C9H7.3C6H6O.Ti/c1-15-7-11-17(12-8-15)5-3-4-6-18-13-9-16(2)10-14-18;1-2-5-9-7-3-6-8(9)4-1;3*7-6-4-2-1-3-5-6;/h3-14H,1-2H3;1-7H;3*1-5,7H;/q;-1;;;;+4/p-3. The van der Waals surface area contributed by atoms with Crippen LogP contribution in [0, 0.1) is 13.8 Å².